The summed E-state index contributed by atoms with van der Waals surface area (Å²) in [5, 5.41) is 0. The lowest BCUT2D eigenvalue weighted by molar-refractivity contribution is 0.354. The van der Waals surface area contributed by atoms with Gasteiger partial charge in [0, 0.05) is 12.4 Å². The van der Waals surface area contributed by atoms with Crippen LogP contribution in [-0.2, 0) is 6.42 Å². The van der Waals surface area contributed by atoms with E-state index in [1.165, 1.54) is 16.7 Å². The molecule has 0 fully saturated rings. The molecule has 0 radical (unpaired) electrons. The lowest BCUT2D eigenvalue weighted by atomic mass is 9.86. The number of halogens is 1. The summed E-state index contributed by atoms with van der Waals surface area (Å²) in [6.07, 6.45) is 9.23. The van der Waals surface area contributed by atoms with Crippen LogP contribution < -0.4 is 9.47 Å². The third-order valence-corrected chi connectivity index (χ3v) is 3.87. The van der Waals surface area contributed by atoms with Crippen molar-refractivity contribution >= 4 is 24.1 Å². The van der Waals surface area contributed by atoms with Crippen molar-refractivity contribution < 1.29 is 9.47 Å². The zero-order chi connectivity index (χ0) is 14.7. The van der Waals surface area contributed by atoms with Gasteiger partial charge in [0.1, 0.15) is 0 Å². The molecule has 1 aliphatic rings. The maximum absolute atomic E-state index is 5.44. The fourth-order valence-electron chi connectivity index (χ4n) is 2.84. The Balaban J connectivity index is 0.00000176. The Morgan fingerprint density at radius 3 is 2.55 bits per heavy atom. The first-order valence-electron chi connectivity index (χ1n) is 7.17. The molecule has 1 heterocycles. The number of benzene rings is 1. The maximum atomic E-state index is 5.44. The van der Waals surface area contributed by atoms with Crippen LogP contribution in [0.2, 0.25) is 0 Å². The van der Waals surface area contributed by atoms with E-state index in [1.807, 2.05) is 12.3 Å². The fourth-order valence-corrected chi connectivity index (χ4v) is 2.84. The molecule has 0 saturated heterocycles. The zero-order valence-corrected chi connectivity index (χ0v) is 13.7. The van der Waals surface area contributed by atoms with E-state index in [9.17, 15) is 0 Å². The van der Waals surface area contributed by atoms with Crippen LogP contribution in [0.25, 0.3) is 11.6 Å². The number of hydrogen-bond acceptors (Lipinski definition) is 3. The second kappa shape index (κ2) is 7.32. The molecule has 1 aromatic carbocycles. The first kappa shape index (κ1) is 16.4. The Morgan fingerprint density at radius 1 is 1.09 bits per heavy atom. The van der Waals surface area contributed by atoms with E-state index in [2.05, 4.69) is 29.3 Å². The van der Waals surface area contributed by atoms with Gasteiger partial charge in [-0.05, 0) is 65.8 Å². The molecular weight excluding hydrogens is 298 g/mol. The number of aromatic nitrogens is 1. The minimum Gasteiger partial charge on any atom is -0.493 e. The van der Waals surface area contributed by atoms with Crippen LogP contribution in [0.1, 0.15) is 29.5 Å². The molecule has 2 aromatic rings. The number of pyridine rings is 1. The number of hydrogen-bond donors (Lipinski definition) is 0. The Kier molecular flexibility index (Phi) is 5.45. The molecule has 0 spiro atoms. The molecule has 0 saturated carbocycles. The predicted octanol–water partition coefficient (Wildman–Crippen LogP) is 4.40. The van der Waals surface area contributed by atoms with Crippen LogP contribution in [0.15, 0.2) is 36.7 Å². The summed E-state index contributed by atoms with van der Waals surface area (Å²) in [6, 6.07) is 8.24. The van der Waals surface area contributed by atoms with Gasteiger partial charge in [0.2, 0.25) is 0 Å². The number of fused-ring (bicyclic) bond motifs is 1. The van der Waals surface area contributed by atoms with E-state index >= 15 is 0 Å². The number of methoxy groups -OCH3 is 2. The highest BCUT2D eigenvalue weighted by Gasteiger charge is 2.18. The van der Waals surface area contributed by atoms with Gasteiger partial charge in [0.05, 0.1) is 14.2 Å². The standard InChI is InChI=1S/C18H19NO2.ClH/c1-20-17-10-15-7-3-6-14(16(15)11-18(17)21-2)9-13-5-4-8-19-12-13;/h4-5,8-12H,3,6-7H2,1-2H3;1H. The monoisotopic (exact) mass is 317 g/mol. The molecule has 22 heavy (non-hydrogen) atoms. The van der Waals surface area contributed by atoms with Gasteiger partial charge in [0.15, 0.2) is 11.5 Å². The number of allylic oxidation sites excluding steroid dienone is 1. The van der Waals surface area contributed by atoms with Crippen molar-refractivity contribution in [1.82, 2.24) is 4.98 Å². The van der Waals surface area contributed by atoms with Gasteiger partial charge in [0.25, 0.3) is 0 Å². The molecular formula is C18H20ClNO2. The van der Waals surface area contributed by atoms with E-state index in [0.29, 0.717) is 0 Å². The van der Waals surface area contributed by atoms with Crippen molar-refractivity contribution in [3.05, 3.63) is 53.3 Å². The predicted molar refractivity (Wildman–Crippen MR) is 91.8 cm³/mol. The lowest BCUT2D eigenvalue weighted by Gasteiger charge is -2.21. The van der Waals surface area contributed by atoms with Crippen molar-refractivity contribution in [2.24, 2.45) is 0 Å². The number of nitrogens with zero attached hydrogens (tertiary/aromatic N) is 1. The van der Waals surface area contributed by atoms with Crippen molar-refractivity contribution in [2.45, 2.75) is 19.3 Å². The highest BCUT2D eigenvalue weighted by Crippen LogP contribution is 2.39. The molecule has 116 valence electrons. The van der Waals surface area contributed by atoms with Crippen molar-refractivity contribution in [1.29, 1.82) is 0 Å². The molecule has 3 nitrogen and oxygen atoms in total. The van der Waals surface area contributed by atoms with E-state index < -0.39 is 0 Å². The SMILES string of the molecule is COc1cc2c(cc1OC)C(=Cc1cccnc1)CCC2.Cl. The summed E-state index contributed by atoms with van der Waals surface area (Å²) in [7, 11) is 3.36. The molecule has 0 bridgehead atoms. The quantitative estimate of drug-likeness (QED) is 0.841. The van der Waals surface area contributed by atoms with Crippen LogP contribution in [0.3, 0.4) is 0 Å². The zero-order valence-electron chi connectivity index (χ0n) is 12.8. The summed E-state index contributed by atoms with van der Waals surface area (Å²) >= 11 is 0. The number of rotatable bonds is 3. The number of aryl methyl sites for hydroxylation is 1. The normalized spacial score (nSPS) is 14.9. The molecule has 3 rings (SSSR count). The van der Waals surface area contributed by atoms with Crippen LogP contribution >= 0.6 is 12.4 Å². The molecule has 1 aliphatic carbocycles. The Labute approximate surface area is 137 Å². The lowest BCUT2D eigenvalue weighted by Crippen LogP contribution is -2.04. The molecule has 0 atom stereocenters. The van der Waals surface area contributed by atoms with Crippen LogP contribution in [0, 0.1) is 0 Å². The second-order valence-electron chi connectivity index (χ2n) is 5.17. The average Bonchev–Trinajstić information content (AvgIpc) is 2.55. The van der Waals surface area contributed by atoms with Crippen LogP contribution in [-0.4, -0.2) is 19.2 Å². The summed E-state index contributed by atoms with van der Waals surface area (Å²) in [5.74, 6) is 1.59. The molecule has 0 amide bonds. The second-order valence-corrected chi connectivity index (χ2v) is 5.17. The molecule has 0 aliphatic heterocycles. The third kappa shape index (κ3) is 3.25. The largest absolute Gasteiger partial charge is 0.493 e. The van der Waals surface area contributed by atoms with Gasteiger partial charge in [-0.25, -0.2) is 0 Å². The maximum Gasteiger partial charge on any atom is 0.161 e. The molecule has 0 unspecified atom stereocenters. The molecule has 4 heteroatoms. The highest BCUT2D eigenvalue weighted by atomic mass is 35.5. The first-order valence-corrected chi connectivity index (χ1v) is 7.17. The van der Waals surface area contributed by atoms with E-state index in [4.69, 9.17) is 9.47 Å². The topological polar surface area (TPSA) is 31.4 Å². The van der Waals surface area contributed by atoms with Gasteiger partial charge in [-0.15, -0.1) is 12.4 Å². The van der Waals surface area contributed by atoms with Gasteiger partial charge in [-0.2, -0.15) is 0 Å². The summed E-state index contributed by atoms with van der Waals surface area (Å²) in [4.78, 5) is 4.18. The van der Waals surface area contributed by atoms with Gasteiger partial charge < -0.3 is 9.47 Å². The Morgan fingerprint density at radius 2 is 1.86 bits per heavy atom. The van der Waals surface area contributed by atoms with Gasteiger partial charge in [-0.1, -0.05) is 6.07 Å². The van der Waals surface area contributed by atoms with Crippen molar-refractivity contribution in [3.8, 4) is 11.5 Å². The first-order chi connectivity index (χ1) is 10.3. The van der Waals surface area contributed by atoms with Crippen molar-refractivity contribution in [2.75, 3.05) is 14.2 Å². The van der Waals surface area contributed by atoms with Crippen LogP contribution in [0.4, 0.5) is 0 Å². The fraction of sp³-hybridized carbons (Fsp3) is 0.278. The minimum absolute atomic E-state index is 0. The average molecular weight is 318 g/mol. The van der Waals surface area contributed by atoms with E-state index in [1.54, 1.807) is 20.4 Å². The van der Waals surface area contributed by atoms with Crippen LogP contribution in [0.5, 0.6) is 11.5 Å². The summed E-state index contributed by atoms with van der Waals surface area (Å²) in [6.45, 7) is 0. The highest BCUT2D eigenvalue weighted by molar-refractivity contribution is 5.85. The molecule has 0 N–H and O–H groups in total. The molecule has 1 aromatic heterocycles. The third-order valence-electron chi connectivity index (χ3n) is 3.87. The summed E-state index contributed by atoms with van der Waals surface area (Å²) < 4.78 is 10.8. The minimum atomic E-state index is 0. The Bertz CT molecular complexity index is 668. The van der Waals surface area contributed by atoms with Gasteiger partial charge in [-0.3, -0.25) is 4.98 Å². The Hall–Kier alpha value is -2.00. The van der Waals surface area contributed by atoms with E-state index in [-0.39, 0.29) is 12.4 Å². The van der Waals surface area contributed by atoms with E-state index in [0.717, 1.165) is 36.3 Å². The smallest absolute Gasteiger partial charge is 0.161 e. The van der Waals surface area contributed by atoms with Gasteiger partial charge >= 0.3 is 0 Å². The summed E-state index contributed by atoms with van der Waals surface area (Å²) in [5.41, 5.74) is 5.07. The van der Waals surface area contributed by atoms with Crippen molar-refractivity contribution in [3.63, 3.8) is 0 Å². The number of ether oxygens (including phenoxy) is 2.